The molecule has 0 bridgehead atoms. The van der Waals surface area contributed by atoms with Crippen molar-refractivity contribution in [3.8, 4) is 0 Å². The minimum atomic E-state index is -4.95. The van der Waals surface area contributed by atoms with E-state index in [2.05, 4.69) is 55.4 Å². The maximum atomic E-state index is 13.0. The van der Waals surface area contributed by atoms with Crippen LogP contribution in [0.2, 0.25) is 0 Å². The third-order valence-corrected chi connectivity index (χ3v) is 18.3. The highest BCUT2D eigenvalue weighted by molar-refractivity contribution is 7.47. The normalized spacial score (nSPS) is 14.6. The van der Waals surface area contributed by atoms with Crippen LogP contribution < -0.4 is 0 Å². The smallest absolute Gasteiger partial charge is 0.462 e. The number of esters is 4. The Bertz CT molecular complexity index is 1770. The van der Waals surface area contributed by atoms with Crippen molar-refractivity contribution in [2.75, 3.05) is 39.6 Å². The molecular formula is C70H136O17P2. The van der Waals surface area contributed by atoms with Crippen molar-refractivity contribution in [2.24, 2.45) is 23.7 Å². The summed E-state index contributed by atoms with van der Waals surface area (Å²) in [4.78, 5) is 72.5. The van der Waals surface area contributed by atoms with E-state index in [0.29, 0.717) is 31.6 Å². The fraction of sp³-hybridized carbons (Fsp3) is 0.943. The molecule has 0 spiro atoms. The van der Waals surface area contributed by atoms with Crippen molar-refractivity contribution >= 4 is 39.5 Å². The molecule has 6 atom stereocenters. The van der Waals surface area contributed by atoms with Gasteiger partial charge >= 0.3 is 39.5 Å². The highest BCUT2D eigenvalue weighted by Gasteiger charge is 2.30. The molecule has 0 rings (SSSR count). The summed E-state index contributed by atoms with van der Waals surface area (Å²) in [5.41, 5.74) is 0. The van der Waals surface area contributed by atoms with Gasteiger partial charge in [0.2, 0.25) is 0 Å². The van der Waals surface area contributed by atoms with E-state index in [1.165, 1.54) is 141 Å². The maximum Gasteiger partial charge on any atom is 0.472 e. The van der Waals surface area contributed by atoms with Crippen molar-refractivity contribution in [1.82, 2.24) is 0 Å². The first-order chi connectivity index (χ1) is 42.6. The Kier molecular flexibility index (Phi) is 58.5. The van der Waals surface area contributed by atoms with E-state index < -0.39 is 97.5 Å². The number of phosphoric ester groups is 2. The molecule has 3 unspecified atom stereocenters. The third kappa shape index (κ3) is 63.2. The van der Waals surface area contributed by atoms with Gasteiger partial charge in [-0.1, -0.05) is 293 Å². The summed E-state index contributed by atoms with van der Waals surface area (Å²) >= 11 is 0. The van der Waals surface area contributed by atoms with Crippen molar-refractivity contribution < 1.29 is 80.2 Å². The average molecular weight is 1310 g/mol. The molecule has 0 heterocycles. The summed E-state index contributed by atoms with van der Waals surface area (Å²) in [7, 11) is -9.90. The number of hydrogen-bond acceptors (Lipinski definition) is 15. The van der Waals surface area contributed by atoms with Crippen LogP contribution in [0.25, 0.3) is 0 Å². The number of phosphoric acid groups is 2. The number of unbranched alkanes of at least 4 members (excludes halogenated alkanes) is 32. The molecular weight excluding hydrogens is 1170 g/mol. The number of hydrogen-bond donors (Lipinski definition) is 3. The highest BCUT2D eigenvalue weighted by atomic mass is 31.2. The Labute approximate surface area is 543 Å². The van der Waals surface area contributed by atoms with E-state index in [9.17, 15) is 43.2 Å². The van der Waals surface area contributed by atoms with E-state index in [-0.39, 0.29) is 25.7 Å². The van der Waals surface area contributed by atoms with Crippen LogP contribution in [0.4, 0.5) is 0 Å². The zero-order valence-corrected chi connectivity index (χ0v) is 59.8. The van der Waals surface area contributed by atoms with Gasteiger partial charge in [-0.15, -0.1) is 0 Å². The van der Waals surface area contributed by atoms with Crippen LogP contribution >= 0.6 is 15.6 Å². The molecule has 19 heteroatoms. The molecule has 0 radical (unpaired) electrons. The standard InChI is InChI=1S/C70H136O17P2/c1-9-63(8)49-41-33-24-20-21-25-34-42-50-67(72)80-56-65(86-69(74)52-44-36-26-18-14-10-12-16-22-30-38-46-60(2)3)58-84-88(76,77)82-54-64(71)55-83-89(78,79)85-59-66(57-81-68(73)51-43-35-29-28-32-40-48-62(6)7)87-70(75)53-45-37-27-19-15-11-13-17-23-31-39-47-61(4)5/h60-66,71H,9-59H2,1-8H3,(H,76,77)(H,78,79)/t63?,64-,65-,66-/m1/s1. The molecule has 0 aromatic carbocycles. The van der Waals surface area contributed by atoms with Crippen molar-refractivity contribution in [3.63, 3.8) is 0 Å². The molecule has 0 aromatic heterocycles. The van der Waals surface area contributed by atoms with Gasteiger partial charge in [0.05, 0.1) is 26.4 Å². The quantitative estimate of drug-likeness (QED) is 0.0222. The fourth-order valence-electron chi connectivity index (χ4n) is 10.5. The molecule has 0 aliphatic rings. The summed E-state index contributed by atoms with van der Waals surface area (Å²) in [5, 5.41) is 10.6. The van der Waals surface area contributed by atoms with E-state index in [0.717, 1.165) is 114 Å². The molecule has 0 aliphatic carbocycles. The first-order valence-electron chi connectivity index (χ1n) is 36.2. The number of carbonyl (C=O) groups is 4. The molecule has 89 heavy (non-hydrogen) atoms. The van der Waals surface area contributed by atoms with Gasteiger partial charge in [0.25, 0.3) is 0 Å². The lowest BCUT2D eigenvalue weighted by Crippen LogP contribution is -2.30. The summed E-state index contributed by atoms with van der Waals surface area (Å²) in [6, 6.07) is 0. The van der Waals surface area contributed by atoms with E-state index in [4.69, 9.17) is 37.0 Å². The Morgan fingerprint density at radius 3 is 0.798 bits per heavy atom. The largest absolute Gasteiger partial charge is 0.472 e. The minimum Gasteiger partial charge on any atom is -0.462 e. The maximum absolute atomic E-state index is 13.0. The monoisotopic (exact) mass is 1310 g/mol. The molecule has 0 amide bonds. The SMILES string of the molecule is CCC(C)CCCCCCCCCCC(=O)OC[C@H](COP(=O)(O)OC[C@@H](O)COP(=O)(O)OC[C@@H](COC(=O)CCCCCCCCC(C)C)OC(=O)CCCCCCCCCCCCCC(C)C)OC(=O)CCCCCCCCCCCCCC(C)C. The van der Waals surface area contributed by atoms with Crippen LogP contribution in [0, 0.1) is 23.7 Å². The van der Waals surface area contributed by atoms with Gasteiger partial charge in [-0.25, -0.2) is 9.13 Å². The zero-order chi connectivity index (χ0) is 66.1. The number of rotatable bonds is 67. The van der Waals surface area contributed by atoms with E-state index >= 15 is 0 Å². The van der Waals surface area contributed by atoms with Gasteiger partial charge in [-0.3, -0.25) is 37.3 Å². The van der Waals surface area contributed by atoms with Gasteiger partial charge < -0.3 is 33.8 Å². The van der Waals surface area contributed by atoms with Gasteiger partial charge in [-0.2, -0.15) is 0 Å². The number of carbonyl (C=O) groups excluding carboxylic acids is 4. The lowest BCUT2D eigenvalue weighted by atomic mass is 9.99. The summed E-state index contributed by atoms with van der Waals surface area (Å²) in [6.07, 6.45) is 41.7. The summed E-state index contributed by atoms with van der Waals surface area (Å²) < 4.78 is 68.3. The second-order valence-corrected chi connectivity index (χ2v) is 29.8. The lowest BCUT2D eigenvalue weighted by molar-refractivity contribution is -0.161. The summed E-state index contributed by atoms with van der Waals surface area (Å²) in [5.74, 6) is 0.857. The van der Waals surface area contributed by atoms with Gasteiger partial charge in [0, 0.05) is 25.7 Å². The van der Waals surface area contributed by atoms with E-state index in [1.54, 1.807) is 0 Å². The molecule has 0 aromatic rings. The molecule has 3 N–H and O–H groups in total. The van der Waals surface area contributed by atoms with E-state index in [1.807, 2.05) is 0 Å². The number of aliphatic hydroxyl groups excluding tert-OH is 1. The van der Waals surface area contributed by atoms with Crippen LogP contribution in [0.15, 0.2) is 0 Å². The number of aliphatic hydroxyl groups is 1. The van der Waals surface area contributed by atoms with Crippen molar-refractivity contribution in [3.05, 3.63) is 0 Å². The van der Waals surface area contributed by atoms with Crippen LogP contribution in [-0.4, -0.2) is 96.7 Å². The topological polar surface area (TPSA) is 237 Å². The highest BCUT2D eigenvalue weighted by Crippen LogP contribution is 2.45. The van der Waals surface area contributed by atoms with Gasteiger partial charge in [-0.05, 0) is 49.4 Å². The minimum absolute atomic E-state index is 0.105. The molecule has 0 saturated carbocycles. The molecule has 0 fully saturated rings. The second kappa shape index (κ2) is 59.8. The molecule has 17 nitrogen and oxygen atoms in total. The van der Waals surface area contributed by atoms with Crippen LogP contribution in [0.3, 0.4) is 0 Å². The third-order valence-electron chi connectivity index (χ3n) is 16.4. The van der Waals surface area contributed by atoms with Gasteiger partial charge in [0.15, 0.2) is 12.2 Å². The van der Waals surface area contributed by atoms with Crippen LogP contribution in [0.1, 0.15) is 344 Å². The molecule has 528 valence electrons. The van der Waals surface area contributed by atoms with Gasteiger partial charge in [0.1, 0.15) is 19.3 Å². The Morgan fingerprint density at radius 2 is 0.539 bits per heavy atom. The molecule has 0 aliphatic heterocycles. The molecule has 0 saturated heterocycles. The Balaban J connectivity index is 5.26. The van der Waals surface area contributed by atoms with Crippen molar-refractivity contribution in [1.29, 1.82) is 0 Å². The Hall–Kier alpha value is -1.94. The van der Waals surface area contributed by atoms with Crippen LogP contribution in [-0.2, 0) is 65.4 Å². The van der Waals surface area contributed by atoms with Crippen LogP contribution in [0.5, 0.6) is 0 Å². The first-order valence-corrected chi connectivity index (χ1v) is 39.2. The second-order valence-electron chi connectivity index (χ2n) is 26.9. The predicted molar refractivity (Wildman–Crippen MR) is 358 cm³/mol. The van der Waals surface area contributed by atoms with Crippen molar-refractivity contribution in [2.45, 2.75) is 363 Å². The summed E-state index contributed by atoms with van der Waals surface area (Å²) in [6.45, 7) is 14.1. The average Bonchev–Trinajstić information content (AvgIpc) is 3.67. The lowest BCUT2D eigenvalue weighted by Gasteiger charge is -2.21. The zero-order valence-electron chi connectivity index (χ0n) is 58.1. The Morgan fingerprint density at radius 1 is 0.315 bits per heavy atom. The fourth-order valence-corrected chi connectivity index (χ4v) is 12.0. The number of ether oxygens (including phenoxy) is 4. The predicted octanol–water partition coefficient (Wildman–Crippen LogP) is 19.7. The first kappa shape index (κ1) is 87.1.